The van der Waals surface area contributed by atoms with E-state index >= 15 is 0 Å². The number of benzene rings is 1. The van der Waals surface area contributed by atoms with E-state index in [1.165, 1.54) is 38.8 Å². The zero-order chi connectivity index (χ0) is 15.7. The maximum Gasteiger partial charge on any atom is 0.0942 e. The fraction of sp³-hybridized carbons (Fsp3) is 0.619. The van der Waals surface area contributed by atoms with Gasteiger partial charge in [0.05, 0.1) is 5.60 Å². The number of likely N-dealkylation sites (tertiary alicyclic amines) is 1. The number of fused-ring (bicyclic) bond motifs is 2. The molecular formula is C21H29NO. The van der Waals surface area contributed by atoms with Crippen molar-refractivity contribution in [1.82, 2.24) is 4.90 Å². The van der Waals surface area contributed by atoms with Gasteiger partial charge in [0, 0.05) is 6.54 Å². The maximum atomic E-state index is 11.8. The van der Waals surface area contributed by atoms with E-state index in [0.29, 0.717) is 17.8 Å². The van der Waals surface area contributed by atoms with Gasteiger partial charge in [-0.1, -0.05) is 48.9 Å². The number of aliphatic hydroxyl groups is 1. The summed E-state index contributed by atoms with van der Waals surface area (Å²) in [7, 11) is 0. The Kier molecular flexibility index (Phi) is 4.29. The van der Waals surface area contributed by atoms with E-state index in [-0.39, 0.29) is 0 Å². The quantitative estimate of drug-likeness (QED) is 0.832. The molecule has 0 radical (unpaired) electrons. The van der Waals surface area contributed by atoms with E-state index < -0.39 is 5.60 Å². The summed E-state index contributed by atoms with van der Waals surface area (Å²) in [6.45, 7) is 3.45. The highest BCUT2D eigenvalue weighted by Gasteiger charge is 2.48. The summed E-state index contributed by atoms with van der Waals surface area (Å²) >= 11 is 0. The van der Waals surface area contributed by atoms with Crippen LogP contribution in [0.1, 0.15) is 44.1 Å². The molecule has 2 nitrogen and oxygen atoms in total. The fourth-order valence-corrected chi connectivity index (χ4v) is 5.11. The first kappa shape index (κ1) is 15.4. The van der Waals surface area contributed by atoms with Gasteiger partial charge in [0.2, 0.25) is 0 Å². The molecule has 1 aromatic rings. The minimum absolute atomic E-state index is 0.393. The number of hydrogen-bond donors (Lipinski definition) is 1. The van der Waals surface area contributed by atoms with Crippen LogP contribution in [0.15, 0.2) is 42.5 Å². The van der Waals surface area contributed by atoms with Crippen molar-refractivity contribution in [2.24, 2.45) is 17.8 Å². The van der Waals surface area contributed by atoms with Gasteiger partial charge < -0.3 is 10.0 Å². The summed E-state index contributed by atoms with van der Waals surface area (Å²) in [5, 5.41) is 11.8. The molecule has 124 valence electrons. The molecule has 0 spiro atoms. The second kappa shape index (κ2) is 6.41. The van der Waals surface area contributed by atoms with Gasteiger partial charge in [0.1, 0.15) is 0 Å². The van der Waals surface area contributed by atoms with Crippen LogP contribution in [0.2, 0.25) is 0 Å². The Morgan fingerprint density at radius 3 is 2.43 bits per heavy atom. The third-order valence-electron chi connectivity index (χ3n) is 6.42. The van der Waals surface area contributed by atoms with E-state index in [1.807, 2.05) is 0 Å². The summed E-state index contributed by atoms with van der Waals surface area (Å²) in [6.07, 6.45) is 12.0. The van der Waals surface area contributed by atoms with Crippen molar-refractivity contribution in [1.29, 1.82) is 0 Å². The zero-order valence-corrected chi connectivity index (χ0v) is 14.0. The minimum atomic E-state index is -0.664. The highest BCUT2D eigenvalue weighted by Crippen LogP contribution is 2.52. The average Bonchev–Trinajstić information content (AvgIpc) is 3.25. The number of piperidine rings is 1. The number of hydrogen-bond acceptors (Lipinski definition) is 2. The molecule has 1 aliphatic heterocycles. The predicted molar refractivity (Wildman–Crippen MR) is 94.1 cm³/mol. The third kappa shape index (κ3) is 2.99. The molecule has 1 heterocycles. The van der Waals surface area contributed by atoms with Crippen LogP contribution >= 0.6 is 0 Å². The molecular weight excluding hydrogens is 282 g/mol. The van der Waals surface area contributed by atoms with Gasteiger partial charge in [-0.05, 0) is 68.5 Å². The van der Waals surface area contributed by atoms with Crippen LogP contribution in [-0.2, 0) is 5.60 Å². The molecule has 3 aliphatic rings. The van der Waals surface area contributed by atoms with Crippen LogP contribution in [0.4, 0.5) is 0 Å². The van der Waals surface area contributed by atoms with Crippen LogP contribution in [-0.4, -0.2) is 29.6 Å². The Morgan fingerprint density at radius 1 is 1.00 bits per heavy atom. The molecule has 4 rings (SSSR count). The Labute approximate surface area is 140 Å². The van der Waals surface area contributed by atoms with Crippen LogP contribution < -0.4 is 0 Å². The average molecular weight is 311 g/mol. The lowest BCUT2D eigenvalue weighted by atomic mass is 9.72. The van der Waals surface area contributed by atoms with Gasteiger partial charge in [-0.15, -0.1) is 0 Å². The van der Waals surface area contributed by atoms with Crippen LogP contribution in [0.3, 0.4) is 0 Å². The summed E-state index contributed by atoms with van der Waals surface area (Å²) in [6, 6.07) is 10.5. The molecule has 4 atom stereocenters. The number of allylic oxidation sites excluding steroid dienone is 2. The van der Waals surface area contributed by atoms with Crippen molar-refractivity contribution >= 4 is 0 Å². The van der Waals surface area contributed by atoms with Crippen molar-refractivity contribution in [2.75, 3.05) is 19.6 Å². The first-order valence-corrected chi connectivity index (χ1v) is 9.44. The first-order valence-electron chi connectivity index (χ1n) is 9.44. The molecule has 2 heteroatoms. The van der Waals surface area contributed by atoms with Crippen LogP contribution in [0, 0.1) is 17.8 Å². The largest absolute Gasteiger partial charge is 0.385 e. The molecule has 2 aliphatic carbocycles. The van der Waals surface area contributed by atoms with Gasteiger partial charge in [-0.25, -0.2) is 0 Å². The molecule has 23 heavy (non-hydrogen) atoms. The summed E-state index contributed by atoms with van der Waals surface area (Å²) < 4.78 is 0. The topological polar surface area (TPSA) is 23.5 Å². The van der Waals surface area contributed by atoms with E-state index in [1.54, 1.807) is 0 Å². The highest BCUT2D eigenvalue weighted by molar-refractivity contribution is 5.27. The minimum Gasteiger partial charge on any atom is -0.385 e. The monoisotopic (exact) mass is 311 g/mol. The van der Waals surface area contributed by atoms with Crippen molar-refractivity contribution < 1.29 is 5.11 Å². The second-order valence-electron chi connectivity index (χ2n) is 7.83. The molecule has 1 N–H and O–H groups in total. The lowest BCUT2D eigenvalue weighted by Gasteiger charge is -2.40. The Bertz CT molecular complexity index is 548. The molecule has 0 amide bonds. The van der Waals surface area contributed by atoms with Crippen molar-refractivity contribution in [3.63, 3.8) is 0 Å². The molecule has 2 bridgehead atoms. The highest BCUT2D eigenvalue weighted by atomic mass is 16.3. The third-order valence-corrected chi connectivity index (χ3v) is 6.42. The normalized spacial score (nSPS) is 33.0. The van der Waals surface area contributed by atoms with Crippen molar-refractivity contribution in [3.8, 4) is 0 Å². The Balaban J connectivity index is 1.55. The molecule has 1 saturated carbocycles. The Morgan fingerprint density at radius 2 is 1.78 bits per heavy atom. The number of rotatable bonds is 5. The smallest absolute Gasteiger partial charge is 0.0942 e. The van der Waals surface area contributed by atoms with Gasteiger partial charge in [0.15, 0.2) is 0 Å². The van der Waals surface area contributed by atoms with E-state index in [2.05, 4.69) is 47.4 Å². The molecule has 2 fully saturated rings. The van der Waals surface area contributed by atoms with Gasteiger partial charge in [0.25, 0.3) is 0 Å². The maximum absolute atomic E-state index is 11.8. The van der Waals surface area contributed by atoms with E-state index in [0.717, 1.165) is 24.9 Å². The standard InChI is InChI=1S/C21H29NO/c23-21(19-7-3-1-4-8-19,11-14-22-12-5-2-6-13-22)20-16-17-9-10-18(20)15-17/h1,3-4,7-10,17-18,20,23H,2,5-6,11-16H2/t17?,18?,20?,21-/m0/s1. The molecule has 1 aromatic carbocycles. The van der Waals surface area contributed by atoms with Gasteiger partial charge in [-0.2, -0.15) is 0 Å². The van der Waals surface area contributed by atoms with Gasteiger partial charge in [-0.3, -0.25) is 0 Å². The zero-order valence-electron chi connectivity index (χ0n) is 14.0. The van der Waals surface area contributed by atoms with Crippen molar-refractivity contribution in [2.45, 2.75) is 44.1 Å². The first-order chi connectivity index (χ1) is 11.3. The van der Waals surface area contributed by atoms with E-state index in [4.69, 9.17) is 0 Å². The summed E-state index contributed by atoms with van der Waals surface area (Å²) in [4.78, 5) is 2.56. The summed E-state index contributed by atoms with van der Waals surface area (Å²) in [5.74, 6) is 1.67. The predicted octanol–water partition coefficient (Wildman–Crippen LogP) is 3.96. The van der Waals surface area contributed by atoms with Crippen LogP contribution in [0.25, 0.3) is 0 Å². The molecule has 0 aromatic heterocycles. The molecule has 3 unspecified atom stereocenters. The number of nitrogens with zero attached hydrogens (tertiary/aromatic N) is 1. The van der Waals surface area contributed by atoms with Gasteiger partial charge >= 0.3 is 0 Å². The lowest BCUT2D eigenvalue weighted by molar-refractivity contribution is -0.0495. The SMILES string of the molecule is O[C@@](CCN1CCCCC1)(c1ccccc1)C1CC2C=CC1C2. The second-order valence-corrected chi connectivity index (χ2v) is 7.83. The lowest BCUT2D eigenvalue weighted by Crippen LogP contribution is -2.42. The fourth-order valence-electron chi connectivity index (χ4n) is 5.11. The van der Waals surface area contributed by atoms with Crippen LogP contribution in [0.5, 0.6) is 0 Å². The Hall–Kier alpha value is -1.12. The van der Waals surface area contributed by atoms with E-state index in [9.17, 15) is 5.11 Å². The van der Waals surface area contributed by atoms with Crippen molar-refractivity contribution in [3.05, 3.63) is 48.0 Å². The summed E-state index contributed by atoms with van der Waals surface area (Å²) in [5.41, 5.74) is 0.464. The molecule has 1 saturated heterocycles.